The number of benzene rings is 7. The Morgan fingerprint density at radius 1 is 0.524 bits per heavy atom. The van der Waals surface area contributed by atoms with E-state index in [0.29, 0.717) is 0 Å². The molecule has 9 rings (SSSR count). The molecule has 9 aromatic rings. The zero-order valence-corrected chi connectivity index (χ0v) is 23.8. The highest BCUT2D eigenvalue weighted by molar-refractivity contribution is 7.27. The van der Waals surface area contributed by atoms with Gasteiger partial charge in [-0.05, 0) is 52.9 Å². The maximum absolute atomic E-state index is 6.60. The van der Waals surface area contributed by atoms with Crippen molar-refractivity contribution in [2.75, 3.05) is 4.90 Å². The first-order valence-corrected chi connectivity index (χ1v) is 15.1. The summed E-state index contributed by atoms with van der Waals surface area (Å²) in [5.41, 5.74) is 6.33. The standard InChI is InChI=1S/C39H25NOS/c1-24-11-2-8-18-32(24)40(33-19-10-17-30-28-15-7-9-20-35(28)41-38(30)33)34-23-36-37(29-16-6-5-14-27(29)34)31-22-21-25-12-3-4-13-26(25)39(31)42-36/h2-23H,1H3. The van der Waals surface area contributed by atoms with Gasteiger partial charge < -0.3 is 9.32 Å². The Morgan fingerprint density at radius 2 is 1.21 bits per heavy atom. The lowest BCUT2D eigenvalue weighted by Crippen LogP contribution is -2.12. The van der Waals surface area contributed by atoms with E-state index in [2.05, 4.69) is 139 Å². The number of rotatable bonds is 3. The molecule has 3 heteroatoms. The molecule has 0 amide bonds. The third-order valence-corrected chi connectivity index (χ3v) is 9.76. The van der Waals surface area contributed by atoms with Gasteiger partial charge in [-0.3, -0.25) is 0 Å². The van der Waals surface area contributed by atoms with Crippen LogP contribution in [0.4, 0.5) is 17.1 Å². The Labute approximate surface area is 246 Å². The van der Waals surface area contributed by atoms with Crippen LogP contribution in [0.25, 0.3) is 63.7 Å². The van der Waals surface area contributed by atoms with E-state index in [9.17, 15) is 0 Å². The van der Waals surface area contributed by atoms with Crippen molar-refractivity contribution in [3.63, 3.8) is 0 Å². The van der Waals surface area contributed by atoms with E-state index in [1.165, 1.54) is 47.3 Å². The summed E-state index contributed by atoms with van der Waals surface area (Å²) in [6.07, 6.45) is 0. The summed E-state index contributed by atoms with van der Waals surface area (Å²) in [6.45, 7) is 2.19. The lowest BCUT2D eigenvalue weighted by atomic mass is 9.99. The maximum atomic E-state index is 6.60. The van der Waals surface area contributed by atoms with Crippen LogP contribution >= 0.6 is 11.3 Å². The topological polar surface area (TPSA) is 16.4 Å². The Bertz CT molecular complexity index is 2500. The Morgan fingerprint density at radius 3 is 2.10 bits per heavy atom. The summed E-state index contributed by atoms with van der Waals surface area (Å²) in [6, 6.07) is 48.0. The average Bonchev–Trinajstić information content (AvgIpc) is 3.61. The molecule has 198 valence electrons. The molecule has 0 spiro atoms. The highest BCUT2D eigenvalue weighted by Gasteiger charge is 2.24. The first-order chi connectivity index (χ1) is 20.8. The fraction of sp³-hybridized carbons (Fsp3) is 0.0256. The largest absolute Gasteiger partial charge is 0.454 e. The average molecular weight is 556 g/mol. The molecule has 0 aliphatic rings. The van der Waals surface area contributed by atoms with Gasteiger partial charge in [0, 0.05) is 42.0 Å². The number of nitrogens with zero attached hydrogens (tertiary/aromatic N) is 1. The van der Waals surface area contributed by atoms with Crippen molar-refractivity contribution in [2.24, 2.45) is 0 Å². The van der Waals surface area contributed by atoms with Gasteiger partial charge in [0.2, 0.25) is 0 Å². The van der Waals surface area contributed by atoms with E-state index in [1.807, 2.05) is 17.4 Å². The number of anilines is 3. The minimum atomic E-state index is 0.897. The first-order valence-electron chi connectivity index (χ1n) is 14.3. The van der Waals surface area contributed by atoms with Crippen LogP contribution in [0.15, 0.2) is 138 Å². The normalized spacial score (nSPS) is 11.9. The maximum Gasteiger partial charge on any atom is 0.159 e. The molecule has 0 unspecified atom stereocenters. The van der Waals surface area contributed by atoms with Gasteiger partial charge in [0.1, 0.15) is 5.58 Å². The fourth-order valence-corrected chi connectivity index (χ4v) is 7.93. The van der Waals surface area contributed by atoms with Crippen molar-refractivity contribution in [2.45, 2.75) is 6.92 Å². The van der Waals surface area contributed by atoms with Crippen LogP contribution in [0.1, 0.15) is 5.56 Å². The Balaban J connectivity index is 1.43. The van der Waals surface area contributed by atoms with Gasteiger partial charge in [0.25, 0.3) is 0 Å². The number of furan rings is 1. The molecule has 2 aromatic heterocycles. The number of fused-ring (bicyclic) bond motifs is 10. The van der Waals surface area contributed by atoms with E-state index in [1.54, 1.807) is 0 Å². The molecule has 0 atom stereocenters. The summed E-state index contributed by atoms with van der Waals surface area (Å²) in [5.74, 6) is 0. The van der Waals surface area contributed by atoms with Gasteiger partial charge >= 0.3 is 0 Å². The fourth-order valence-electron chi connectivity index (χ4n) is 6.65. The van der Waals surface area contributed by atoms with Gasteiger partial charge in [-0.2, -0.15) is 0 Å². The molecule has 0 fully saturated rings. The summed E-state index contributed by atoms with van der Waals surface area (Å²) in [7, 11) is 0. The van der Waals surface area contributed by atoms with E-state index in [0.717, 1.165) is 39.0 Å². The highest BCUT2D eigenvalue weighted by atomic mass is 32.1. The molecule has 7 aromatic carbocycles. The molecule has 0 N–H and O–H groups in total. The van der Waals surface area contributed by atoms with E-state index >= 15 is 0 Å². The SMILES string of the molecule is Cc1ccccc1N(c1cc2sc3c4ccccc4ccc3c2c2ccccc12)c1cccc2c1oc1ccccc12. The van der Waals surface area contributed by atoms with E-state index < -0.39 is 0 Å². The molecule has 0 saturated carbocycles. The van der Waals surface area contributed by atoms with Gasteiger partial charge in [-0.25, -0.2) is 0 Å². The second kappa shape index (κ2) is 8.94. The van der Waals surface area contributed by atoms with Crippen molar-refractivity contribution in [3.8, 4) is 0 Å². The Hall–Kier alpha value is -5.12. The van der Waals surface area contributed by atoms with E-state index in [-0.39, 0.29) is 0 Å². The minimum absolute atomic E-state index is 0.897. The van der Waals surface area contributed by atoms with Crippen molar-refractivity contribution in [1.82, 2.24) is 0 Å². The summed E-state index contributed by atoms with van der Waals surface area (Å²) in [5, 5.41) is 9.97. The summed E-state index contributed by atoms with van der Waals surface area (Å²) in [4.78, 5) is 2.41. The number of hydrogen-bond donors (Lipinski definition) is 0. The van der Waals surface area contributed by atoms with Crippen LogP contribution in [-0.2, 0) is 0 Å². The van der Waals surface area contributed by atoms with Crippen LogP contribution in [0.5, 0.6) is 0 Å². The number of thiophene rings is 1. The predicted molar refractivity (Wildman–Crippen MR) is 181 cm³/mol. The summed E-state index contributed by atoms with van der Waals surface area (Å²) < 4.78 is 9.23. The van der Waals surface area contributed by atoms with Crippen molar-refractivity contribution < 1.29 is 4.42 Å². The molecular formula is C39H25NOS. The van der Waals surface area contributed by atoms with Crippen LogP contribution in [0, 0.1) is 6.92 Å². The Kier molecular flexibility index (Phi) is 5.02. The van der Waals surface area contributed by atoms with Crippen molar-refractivity contribution in [1.29, 1.82) is 0 Å². The molecule has 2 heterocycles. The molecule has 0 aliphatic heterocycles. The van der Waals surface area contributed by atoms with Crippen molar-refractivity contribution >= 4 is 92.1 Å². The van der Waals surface area contributed by atoms with E-state index in [4.69, 9.17) is 4.42 Å². The van der Waals surface area contributed by atoms with Crippen molar-refractivity contribution in [3.05, 3.63) is 139 Å². The number of hydrogen-bond acceptors (Lipinski definition) is 3. The number of aryl methyl sites for hydroxylation is 1. The highest BCUT2D eigenvalue weighted by Crippen LogP contribution is 2.49. The molecule has 42 heavy (non-hydrogen) atoms. The number of para-hydroxylation sites is 3. The third-order valence-electron chi connectivity index (χ3n) is 8.57. The molecule has 0 bridgehead atoms. The predicted octanol–water partition coefficient (Wildman–Crippen LogP) is 12.0. The van der Waals surface area contributed by atoms with Crippen LogP contribution in [0.3, 0.4) is 0 Å². The first kappa shape index (κ1) is 23.6. The van der Waals surface area contributed by atoms with Crippen LogP contribution < -0.4 is 4.90 Å². The molecular weight excluding hydrogens is 531 g/mol. The van der Waals surface area contributed by atoms with Gasteiger partial charge in [-0.1, -0.05) is 109 Å². The minimum Gasteiger partial charge on any atom is -0.454 e. The summed E-state index contributed by atoms with van der Waals surface area (Å²) >= 11 is 1.89. The molecule has 0 aliphatic carbocycles. The zero-order valence-electron chi connectivity index (χ0n) is 23.0. The van der Waals surface area contributed by atoms with Crippen LogP contribution in [0.2, 0.25) is 0 Å². The zero-order chi connectivity index (χ0) is 27.8. The third kappa shape index (κ3) is 3.32. The smallest absolute Gasteiger partial charge is 0.159 e. The lowest BCUT2D eigenvalue weighted by molar-refractivity contribution is 0.669. The van der Waals surface area contributed by atoms with Gasteiger partial charge in [0.05, 0.1) is 11.4 Å². The molecule has 2 nitrogen and oxygen atoms in total. The lowest BCUT2D eigenvalue weighted by Gasteiger charge is -2.28. The second-order valence-electron chi connectivity index (χ2n) is 11.0. The van der Waals surface area contributed by atoms with Crippen LogP contribution in [-0.4, -0.2) is 0 Å². The molecule has 0 radical (unpaired) electrons. The second-order valence-corrected chi connectivity index (χ2v) is 12.0. The quantitative estimate of drug-likeness (QED) is 0.216. The molecule has 0 saturated heterocycles. The van der Waals surface area contributed by atoms with Gasteiger partial charge in [0.15, 0.2) is 5.58 Å². The van der Waals surface area contributed by atoms with Gasteiger partial charge in [-0.15, -0.1) is 11.3 Å². The monoisotopic (exact) mass is 555 g/mol.